The summed E-state index contributed by atoms with van der Waals surface area (Å²) in [5.41, 5.74) is 1.75. The Kier molecular flexibility index (Phi) is 5.41. The summed E-state index contributed by atoms with van der Waals surface area (Å²) in [6.07, 6.45) is 1.88. The fourth-order valence-electron chi connectivity index (χ4n) is 1.63. The fraction of sp³-hybridized carbons (Fsp3) is 0.500. The molecule has 0 aromatic heterocycles. The van der Waals surface area contributed by atoms with Crippen LogP contribution in [0.2, 0.25) is 0 Å². The highest BCUT2D eigenvalue weighted by Crippen LogP contribution is 2.32. The number of nitro benzene ring substituents is 1. The van der Waals surface area contributed by atoms with Gasteiger partial charge in [-0.25, -0.2) is 0 Å². The third kappa shape index (κ3) is 4.00. The highest BCUT2D eigenvalue weighted by molar-refractivity contribution is 9.09. The fourth-order valence-corrected chi connectivity index (χ4v) is 2.02. The summed E-state index contributed by atoms with van der Waals surface area (Å²) in [7, 11) is 0. The molecule has 17 heavy (non-hydrogen) atoms. The molecule has 1 aromatic rings. The van der Waals surface area contributed by atoms with E-state index in [0.29, 0.717) is 12.4 Å². The van der Waals surface area contributed by atoms with E-state index in [2.05, 4.69) is 15.9 Å². The number of rotatable bonds is 6. The number of hydrogen-bond donors (Lipinski definition) is 0. The molecule has 0 saturated heterocycles. The first-order valence-electron chi connectivity index (χ1n) is 5.50. The zero-order chi connectivity index (χ0) is 12.8. The van der Waals surface area contributed by atoms with Gasteiger partial charge in [-0.05, 0) is 37.8 Å². The molecule has 4 nitrogen and oxygen atoms in total. The van der Waals surface area contributed by atoms with E-state index in [9.17, 15) is 10.1 Å². The van der Waals surface area contributed by atoms with Gasteiger partial charge in [-0.3, -0.25) is 10.1 Å². The first kappa shape index (κ1) is 14.0. The second-order valence-corrected chi connectivity index (χ2v) is 4.72. The lowest BCUT2D eigenvalue weighted by molar-refractivity contribution is -0.386. The number of halogens is 1. The van der Waals surface area contributed by atoms with Gasteiger partial charge in [0.15, 0.2) is 5.75 Å². The molecule has 94 valence electrons. The van der Waals surface area contributed by atoms with Crippen LogP contribution in [-0.4, -0.2) is 16.9 Å². The second kappa shape index (κ2) is 6.59. The minimum absolute atomic E-state index is 0.0568. The van der Waals surface area contributed by atoms with Crippen LogP contribution in [0.4, 0.5) is 5.69 Å². The van der Waals surface area contributed by atoms with Gasteiger partial charge >= 0.3 is 5.69 Å². The molecule has 0 aliphatic heterocycles. The lowest BCUT2D eigenvalue weighted by atomic mass is 10.1. The lowest BCUT2D eigenvalue weighted by Gasteiger charge is -2.10. The van der Waals surface area contributed by atoms with Crippen LogP contribution in [-0.2, 0) is 0 Å². The van der Waals surface area contributed by atoms with Crippen molar-refractivity contribution in [1.82, 2.24) is 0 Å². The molecule has 0 amide bonds. The van der Waals surface area contributed by atoms with E-state index in [0.717, 1.165) is 29.3 Å². The predicted molar refractivity (Wildman–Crippen MR) is 71.1 cm³/mol. The van der Waals surface area contributed by atoms with E-state index in [4.69, 9.17) is 4.74 Å². The quantitative estimate of drug-likeness (QED) is 0.348. The Morgan fingerprint density at radius 1 is 1.35 bits per heavy atom. The van der Waals surface area contributed by atoms with E-state index in [1.807, 2.05) is 19.9 Å². The number of aryl methyl sites for hydroxylation is 2. The van der Waals surface area contributed by atoms with Crippen molar-refractivity contribution in [3.05, 3.63) is 33.4 Å². The van der Waals surface area contributed by atoms with Crippen LogP contribution in [0, 0.1) is 24.0 Å². The molecule has 0 aliphatic rings. The normalized spacial score (nSPS) is 10.3. The molecule has 0 saturated carbocycles. The summed E-state index contributed by atoms with van der Waals surface area (Å²) in [6.45, 7) is 4.19. The smallest absolute Gasteiger partial charge is 0.311 e. The molecule has 0 atom stereocenters. The first-order valence-corrected chi connectivity index (χ1v) is 6.62. The molecule has 0 fully saturated rings. The Bertz CT molecular complexity index is 407. The van der Waals surface area contributed by atoms with Crippen molar-refractivity contribution in [3.8, 4) is 5.75 Å². The van der Waals surface area contributed by atoms with Gasteiger partial charge in [-0.1, -0.05) is 22.0 Å². The van der Waals surface area contributed by atoms with Gasteiger partial charge in [0.25, 0.3) is 0 Å². The molecule has 0 radical (unpaired) electrons. The van der Waals surface area contributed by atoms with Crippen molar-refractivity contribution in [1.29, 1.82) is 0 Å². The Labute approximate surface area is 109 Å². The van der Waals surface area contributed by atoms with Gasteiger partial charge < -0.3 is 4.74 Å². The van der Waals surface area contributed by atoms with Crippen molar-refractivity contribution in [2.24, 2.45) is 0 Å². The standard InChI is InChI=1S/C12H16BrNO3/c1-9-7-10(2)12(11(8-9)14(15)16)17-6-4-3-5-13/h7-8H,3-6H2,1-2H3. The van der Waals surface area contributed by atoms with Crippen molar-refractivity contribution in [2.45, 2.75) is 26.7 Å². The average molecular weight is 302 g/mol. The Balaban J connectivity index is 2.85. The van der Waals surface area contributed by atoms with Crippen LogP contribution in [0.1, 0.15) is 24.0 Å². The van der Waals surface area contributed by atoms with Gasteiger partial charge in [0.05, 0.1) is 11.5 Å². The molecule has 0 N–H and O–H groups in total. The van der Waals surface area contributed by atoms with Crippen LogP contribution < -0.4 is 4.74 Å². The monoisotopic (exact) mass is 301 g/mol. The van der Waals surface area contributed by atoms with Gasteiger partial charge in [0.2, 0.25) is 0 Å². The Hall–Kier alpha value is -1.10. The molecule has 0 spiro atoms. The van der Waals surface area contributed by atoms with E-state index in [-0.39, 0.29) is 10.6 Å². The maximum absolute atomic E-state index is 10.9. The van der Waals surface area contributed by atoms with Crippen LogP contribution >= 0.6 is 15.9 Å². The van der Waals surface area contributed by atoms with Crippen LogP contribution in [0.3, 0.4) is 0 Å². The van der Waals surface area contributed by atoms with Gasteiger partial charge in [0, 0.05) is 11.4 Å². The molecular formula is C12H16BrNO3. The van der Waals surface area contributed by atoms with Gasteiger partial charge in [0.1, 0.15) is 0 Å². The SMILES string of the molecule is Cc1cc(C)c(OCCCCBr)c([N+](=O)[O-])c1. The molecule has 0 aliphatic carbocycles. The third-order valence-corrected chi connectivity index (χ3v) is 2.93. The lowest BCUT2D eigenvalue weighted by Crippen LogP contribution is -2.03. The second-order valence-electron chi connectivity index (χ2n) is 3.93. The molecule has 1 rings (SSSR count). The van der Waals surface area contributed by atoms with Gasteiger partial charge in [-0.15, -0.1) is 0 Å². The van der Waals surface area contributed by atoms with E-state index < -0.39 is 0 Å². The number of ether oxygens (including phenoxy) is 1. The molecular weight excluding hydrogens is 286 g/mol. The molecule has 0 heterocycles. The molecule has 0 unspecified atom stereocenters. The molecule has 0 bridgehead atoms. The number of hydrogen-bond acceptors (Lipinski definition) is 3. The minimum Gasteiger partial charge on any atom is -0.487 e. The van der Waals surface area contributed by atoms with Gasteiger partial charge in [-0.2, -0.15) is 0 Å². The number of unbranched alkanes of at least 4 members (excludes halogenated alkanes) is 1. The molecule has 1 aromatic carbocycles. The Morgan fingerprint density at radius 3 is 2.65 bits per heavy atom. The minimum atomic E-state index is -0.389. The maximum atomic E-state index is 10.9. The average Bonchev–Trinajstić information content (AvgIpc) is 2.25. The summed E-state index contributed by atoms with van der Waals surface area (Å²) < 4.78 is 5.52. The number of benzene rings is 1. The topological polar surface area (TPSA) is 52.4 Å². The van der Waals surface area contributed by atoms with E-state index >= 15 is 0 Å². The maximum Gasteiger partial charge on any atom is 0.311 e. The van der Waals surface area contributed by atoms with Crippen molar-refractivity contribution >= 4 is 21.6 Å². The predicted octanol–water partition coefficient (Wildman–Crippen LogP) is 3.77. The van der Waals surface area contributed by atoms with E-state index in [1.54, 1.807) is 6.07 Å². The highest BCUT2D eigenvalue weighted by atomic mass is 79.9. The van der Waals surface area contributed by atoms with Crippen molar-refractivity contribution in [3.63, 3.8) is 0 Å². The summed E-state index contributed by atoms with van der Waals surface area (Å²) in [5.74, 6) is 0.398. The summed E-state index contributed by atoms with van der Waals surface area (Å²) in [5, 5.41) is 11.9. The van der Waals surface area contributed by atoms with Crippen molar-refractivity contribution in [2.75, 3.05) is 11.9 Å². The third-order valence-electron chi connectivity index (χ3n) is 2.37. The number of nitro groups is 1. The zero-order valence-corrected chi connectivity index (χ0v) is 11.6. The van der Waals surface area contributed by atoms with Crippen LogP contribution in [0.5, 0.6) is 5.75 Å². The molecule has 5 heteroatoms. The number of alkyl halides is 1. The summed E-state index contributed by atoms with van der Waals surface area (Å²) in [4.78, 5) is 10.5. The zero-order valence-electron chi connectivity index (χ0n) is 10.0. The van der Waals surface area contributed by atoms with Crippen molar-refractivity contribution < 1.29 is 9.66 Å². The largest absolute Gasteiger partial charge is 0.487 e. The van der Waals surface area contributed by atoms with Crippen LogP contribution in [0.25, 0.3) is 0 Å². The van der Waals surface area contributed by atoms with E-state index in [1.165, 1.54) is 0 Å². The van der Waals surface area contributed by atoms with Crippen LogP contribution in [0.15, 0.2) is 12.1 Å². The summed E-state index contributed by atoms with van der Waals surface area (Å²) in [6, 6.07) is 3.44. The number of nitrogens with zero attached hydrogens (tertiary/aromatic N) is 1. The highest BCUT2D eigenvalue weighted by Gasteiger charge is 2.18. The Morgan fingerprint density at radius 2 is 2.06 bits per heavy atom. The first-order chi connectivity index (χ1) is 8.06. The summed E-state index contributed by atoms with van der Waals surface area (Å²) >= 11 is 3.33.